The number of hydrogen-bond acceptors (Lipinski definition) is 2. The van der Waals surface area contributed by atoms with E-state index in [0.717, 1.165) is 0 Å². The first kappa shape index (κ1) is 12.5. The molecule has 0 aliphatic carbocycles. The maximum Gasteiger partial charge on any atom is 0.313 e. The van der Waals surface area contributed by atoms with Crippen molar-refractivity contribution >= 4 is 17.6 Å². The third-order valence-electron chi connectivity index (χ3n) is 1.45. The lowest BCUT2D eigenvalue weighted by molar-refractivity contribution is -0.158. The third kappa shape index (κ3) is 5.69. The molecule has 0 fully saturated rings. The number of carbonyl (C=O) groups excluding carboxylic acids is 1. The molecule has 76 valence electrons. The quantitative estimate of drug-likeness (QED) is 0.661. The Morgan fingerprint density at radius 3 is 2.38 bits per heavy atom. The number of esters is 1. The molecule has 0 amide bonds. The van der Waals surface area contributed by atoms with Crippen LogP contribution in [-0.2, 0) is 9.53 Å². The molecule has 0 rings (SSSR count). The average molecular weight is 205 g/mol. The predicted molar refractivity (Wildman–Crippen MR) is 54.6 cm³/mol. The summed E-state index contributed by atoms with van der Waals surface area (Å²) in [7, 11) is 0. The summed E-state index contributed by atoms with van der Waals surface area (Å²) < 4.78 is 5.19. The molecule has 13 heavy (non-hydrogen) atoms. The highest BCUT2D eigenvalue weighted by Gasteiger charge is 2.21. The minimum Gasteiger partial charge on any atom is -0.460 e. The molecule has 0 N–H and O–H groups in total. The van der Waals surface area contributed by atoms with Crippen LogP contribution in [0.3, 0.4) is 0 Å². The second kappa shape index (κ2) is 5.28. The van der Waals surface area contributed by atoms with Crippen LogP contribution in [0.2, 0.25) is 0 Å². The van der Waals surface area contributed by atoms with E-state index in [-0.39, 0.29) is 11.9 Å². The van der Waals surface area contributed by atoms with E-state index in [1.807, 2.05) is 27.7 Å². The fourth-order valence-electron chi connectivity index (χ4n) is 0.847. The number of carbonyl (C=O) groups is 1. The van der Waals surface area contributed by atoms with Gasteiger partial charge < -0.3 is 4.74 Å². The Hall–Kier alpha value is -0.500. The van der Waals surface area contributed by atoms with Crippen LogP contribution in [0.25, 0.3) is 0 Å². The summed E-state index contributed by atoms with van der Waals surface area (Å²) in [5.41, 5.74) is 0.933. The van der Waals surface area contributed by atoms with Crippen molar-refractivity contribution in [2.75, 3.05) is 0 Å². The maximum absolute atomic E-state index is 11.4. The van der Waals surface area contributed by atoms with Gasteiger partial charge in [0.15, 0.2) is 0 Å². The zero-order chi connectivity index (χ0) is 10.5. The molecule has 0 radical (unpaired) electrons. The second-order valence-electron chi connectivity index (χ2n) is 3.87. The first-order valence-electron chi connectivity index (χ1n) is 4.40. The lowest BCUT2D eigenvalue weighted by Gasteiger charge is -2.21. The Balaban J connectivity index is 4.23. The molecule has 0 heterocycles. The van der Waals surface area contributed by atoms with Crippen molar-refractivity contribution in [2.24, 2.45) is 5.92 Å². The first-order valence-corrected chi connectivity index (χ1v) is 4.84. The molecule has 0 spiro atoms. The second-order valence-corrected chi connectivity index (χ2v) is 4.12. The fraction of sp³-hybridized carbons (Fsp3) is 0.700. The van der Waals surface area contributed by atoms with Crippen LogP contribution in [0.1, 0.15) is 34.1 Å². The van der Waals surface area contributed by atoms with E-state index >= 15 is 0 Å². The number of ether oxygens (including phenoxy) is 1. The summed E-state index contributed by atoms with van der Waals surface area (Å²) in [4.78, 5) is 11.4. The van der Waals surface area contributed by atoms with E-state index in [1.54, 1.807) is 6.08 Å². The van der Waals surface area contributed by atoms with Crippen molar-refractivity contribution in [3.05, 3.63) is 11.6 Å². The standard InChI is InChI=1S/C10H17ClO2/c1-5-8(6-7-11)9(12)13-10(2,3)4/h6-8H,5H2,1-4H3/b7-6-/t8-/m0/s1. The molecule has 1 atom stereocenters. The minimum atomic E-state index is -0.426. The zero-order valence-electron chi connectivity index (χ0n) is 8.63. The molecular formula is C10H17ClO2. The van der Waals surface area contributed by atoms with Crippen LogP contribution in [0.15, 0.2) is 11.6 Å². The van der Waals surface area contributed by atoms with E-state index in [2.05, 4.69) is 0 Å². The highest BCUT2D eigenvalue weighted by Crippen LogP contribution is 2.14. The third-order valence-corrected chi connectivity index (χ3v) is 1.60. The summed E-state index contributed by atoms with van der Waals surface area (Å²) in [5, 5.41) is 0. The highest BCUT2D eigenvalue weighted by molar-refractivity contribution is 6.25. The van der Waals surface area contributed by atoms with E-state index < -0.39 is 5.60 Å². The normalized spacial score (nSPS) is 14.5. The lowest BCUT2D eigenvalue weighted by Crippen LogP contribution is -2.27. The van der Waals surface area contributed by atoms with Gasteiger partial charge in [0.2, 0.25) is 0 Å². The molecule has 0 aromatic carbocycles. The monoisotopic (exact) mass is 204 g/mol. The first-order chi connectivity index (χ1) is 5.90. The molecule has 2 nitrogen and oxygen atoms in total. The van der Waals surface area contributed by atoms with Gasteiger partial charge in [-0.1, -0.05) is 24.6 Å². The van der Waals surface area contributed by atoms with Gasteiger partial charge in [-0.2, -0.15) is 0 Å². The van der Waals surface area contributed by atoms with Crippen molar-refractivity contribution in [1.29, 1.82) is 0 Å². The van der Waals surface area contributed by atoms with Crippen molar-refractivity contribution in [1.82, 2.24) is 0 Å². The van der Waals surface area contributed by atoms with Crippen molar-refractivity contribution in [2.45, 2.75) is 39.7 Å². The minimum absolute atomic E-state index is 0.216. The SMILES string of the molecule is CC[C@@H](/C=C\Cl)C(=O)OC(C)(C)C. The molecule has 0 aromatic heterocycles. The smallest absolute Gasteiger partial charge is 0.313 e. The van der Waals surface area contributed by atoms with Gasteiger partial charge in [-0.3, -0.25) is 4.79 Å². The van der Waals surface area contributed by atoms with Gasteiger partial charge in [-0.15, -0.1) is 0 Å². The van der Waals surface area contributed by atoms with Crippen molar-refractivity contribution in [3.8, 4) is 0 Å². The summed E-state index contributed by atoms with van der Waals surface area (Å²) >= 11 is 5.40. The Labute approximate surface area is 84.9 Å². The molecule has 0 aliphatic rings. The van der Waals surface area contributed by atoms with Gasteiger partial charge >= 0.3 is 5.97 Å². The molecule has 0 saturated carbocycles. The largest absolute Gasteiger partial charge is 0.460 e. The molecule has 0 aromatic rings. The van der Waals surface area contributed by atoms with Gasteiger partial charge in [0, 0.05) is 5.54 Å². The average Bonchev–Trinajstić information content (AvgIpc) is 1.96. The number of halogens is 1. The Bertz CT molecular complexity index is 192. The Morgan fingerprint density at radius 1 is 1.54 bits per heavy atom. The van der Waals surface area contributed by atoms with Crippen LogP contribution >= 0.6 is 11.6 Å². The Morgan fingerprint density at radius 2 is 2.08 bits per heavy atom. The topological polar surface area (TPSA) is 26.3 Å². The maximum atomic E-state index is 11.4. The predicted octanol–water partition coefficient (Wildman–Crippen LogP) is 3.11. The number of rotatable bonds is 3. The van der Waals surface area contributed by atoms with Gasteiger partial charge in [0.25, 0.3) is 0 Å². The number of hydrogen-bond donors (Lipinski definition) is 0. The molecular weight excluding hydrogens is 188 g/mol. The van der Waals surface area contributed by atoms with Crippen LogP contribution in [-0.4, -0.2) is 11.6 Å². The van der Waals surface area contributed by atoms with E-state index in [0.29, 0.717) is 6.42 Å². The molecule has 0 unspecified atom stereocenters. The lowest BCUT2D eigenvalue weighted by atomic mass is 10.1. The molecule has 0 bridgehead atoms. The van der Waals surface area contributed by atoms with Crippen LogP contribution in [0.5, 0.6) is 0 Å². The Kier molecular flexibility index (Phi) is 5.07. The van der Waals surface area contributed by atoms with Gasteiger partial charge in [0.1, 0.15) is 5.60 Å². The van der Waals surface area contributed by atoms with E-state index in [4.69, 9.17) is 16.3 Å². The van der Waals surface area contributed by atoms with Gasteiger partial charge in [0.05, 0.1) is 5.92 Å². The highest BCUT2D eigenvalue weighted by atomic mass is 35.5. The molecule has 3 heteroatoms. The molecule has 0 saturated heterocycles. The van der Waals surface area contributed by atoms with E-state index in [1.165, 1.54) is 5.54 Å². The summed E-state index contributed by atoms with van der Waals surface area (Å²) in [6.07, 6.45) is 2.35. The van der Waals surface area contributed by atoms with Crippen LogP contribution < -0.4 is 0 Å². The van der Waals surface area contributed by atoms with Crippen LogP contribution in [0.4, 0.5) is 0 Å². The fourth-order valence-corrected chi connectivity index (χ4v) is 1.02. The summed E-state index contributed by atoms with van der Waals surface area (Å²) in [6.45, 7) is 7.47. The van der Waals surface area contributed by atoms with Crippen LogP contribution in [0, 0.1) is 5.92 Å². The van der Waals surface area contributed by atoms with Gasteiger partial charge in [-0.25, -0.2) is 0 Å². The van der Waals surface area contributed by atoms with Gasteiger partial charge in [-0.05, 0) is 27.2 Å². The van der Waals surface area contributed by atoms with E-state index in [9.17, 15) is 4.79 Å². The summed E-state index contributed by atoms with van der Waals surface area (Å²) in [5.74, 6) is -0.441. The summed E-state index contributed by atoms with van der Waals surface area (Å²) in [6, 6.07) is 0. The zero-order valence-corrected chi connectivity index (χ0v) is 9.39. The van der Waals surface area contributed by atoms with Crippen molar-refractivity contribution in [3.63, 3.8) is 0 Å². The molecule has 0 aliphatic heterocycles. The van der Waals surface area contributed by atoms with Crippen molar-refractivity contribution < 1.29 is 9.53 Å².